The molecule has 2 saturated heterocycles. The number of hydrogen-bond acceptors (Lipinski definition) is 3. The summed E-state index contributed by atoms with van der Waals surface area (Å²) in [4.78, 5) is 17.7. The fraction of sp³-hybridized carbons (Fsp3) is 0.789. The van der Waals surface area contributed by atoms with Gasteiger partial charge in [0, 0.05) is 17.8 Å². The molecule has 0 saturated carbocycles. The Hall–Kier alpha value is -1.36. The lowest BCUT2D eigenvalue weighted by Gasteiger charge is -2.51. The average molecular weight is 332 g/mol. The zero-order chi connectivity index (χ0) is 17.2. The quantitative estimate of drug-likeness (QED) is 0.921. The van der Waals surface area contributed by atoms with Crippen LogP contribution in [0.4, 0.5) is 0 Å². The Labute approximate surface area is 145 Å². The van der Waals surface area contributed by atoms with Crippen LogP contribution in [0, 0.1) is 0 Å². The Morgan fingerprint density at radius 3 is 3.00 bits per heavy atom. The molecule has 134 valence electrons. The number of nitrogens with zero attached hydrogens (tertiary/aromatic N) is 3. The summed E-state index contributed by atoms with van der Waals surface area (Å²) in [6.45, 7) is 6.53. The average Bonchev–Trinajstić information content (AvgIpc) is 2.99. The molecule has 0 spiro atoms. The van der Waals surface area contributed by atoms with Gasteiger partial charge in [0.1, 0.15) is 5.69 Å². The summed E-state index contributed by atoms with van der Waals surface area (Å²) < 4.78 is 0. The number of piperidine rings is 1. The molecule has 2 fully saturated rings. The van der Waals surface area contributed by atoms with E-state index in [0.29, 0.717) is 11.7 Å². The van der Waals surface area contributed by atoms with Crippen LogP contribution in [-0.4, -0.2) is 57.6 Å². The van der Waals surface area contributed by atoms with Gasteiger partial charge >= 0.3 is 0 Å². The van der Waals surface area contributed by atoms with E-state index in [9.17, 15) is 4.79 Å². The van der Waals surface area contributed by atoms with Gasteiger partial charge in [0.15, 0.2) is 0 Å². The molecule has 5 heteroatoms. The molecule has 0 unspecified atom stereocenters. The number of likely N-dealkylation sites (tertiary alicyclic amines) is 2. The molecule has 1 N–H and O–H groups in total. The zero-order valence-electron chi connectivity index (χ0n) is 15.5. The Balaban J connectivity index is 1.79. The molecule has 1 amide bonds. The highest BCUT2D eigenvalue weighted by molar-refractivity contribution is 5.92. The molecular weight excluding hydrogens is 300 g/mol. The molecular formula is C19H32N4O. The second kappa shape index (κ2) is 7.26. The molecule has 24 heavy (non-hydrogen) atoms. The smallest absolute Gasteiger partial charge is 0.274 e. The van der Waals surface area contributed by atoms with Crippen molar-refractivity contribution >= 4 is 5.91 Å². The highest BCUT2D eigenvalue weighted by Gasteiger charge is 2.46. The maximum absolute atomic E-state index is 13.1. The standard InChI is InChI=1S/C19H32N4O/c1-4-5-9-15-14-16(21-20-15)18(24)23-13-8-11-19(2)17(23)10-6-7-12-22(19)3/h14,17H,4-13H2,1-3H3,(H,20,21)/t17-,19-/m0/s1. The lowest BCUT2D eigenvalue weighted by molar-refractivity contribution is -0.00366. The maximum Gasteiger partial charge on any atom is 0.274 e. The van der Waals surface area contributed by atoms with Crippen molar-refractivity contribution in [3.8, 4) is 0 Å². The Kier molecular flexibility index (Phi) is 5.28. The van der Waals surface area contributed by atoms with Crippen LogP contribution in [0.15, 0.2) is 6.07 Å². The van der Waals surface area contributed by atoms with E-state index < -0.39 is 0 Å². The molecule has 3 heterocycles. The minimum atomic E-state index is 0.103. The number of carbonyl (C=O) groups is 1. The normalized spacial score (nSPS) is 28.5. The van der Waals surface area contributed by atoms with Crippen LogP contribution in [0.1, 0.15) is 75.0 Å². The minimum absolute atomic E-state index is 0.103. The van der Waals surface area contributed by atoms with Gasteiger partial charge in [-0.2, -0.15) is 5.10 Å². The van der Waals surface area contributed by atoms with Crippen molar-refractivity contribution < 1.29 is 4.79 Å². The molecule has 1 aromatic rings. The Morgan fingerprint density at radius 1 is 1.38 bits per heavy atom. The monoisotopic (exact) mass is 332 g/mol. The van der Waals surface area contributed by atoms with Crippen molar-refractivity contribution in [2.24, 2.45) is 0 Å². The molecule has 0 aromatic carbocycles. The first-order chi connectivity index (χ1) is 11.6. The van der Waals surface area contributed by atoms with E-state index in [1.54, 1.807) is 0 Å². The molecule has 2 aliphatic rings. The predicted octanol–water partition coefficient (Wildman–Crippen LogP) is 3.23. The number of amides is 1. The number of fused-ring (bicyclic) bond motifs is 1. The summed E-state index contributed by atoms with van der Waals surface area (Å²) in [6, 6.07) is 2.27. The van der Waals surface area contributed by atoms with E-state index in [0.717, 1.165) is 50.9 Å². The molecule has 5 nitrogen and oxygen atoms in total. The van der Waals surface area contributed by atoms with Crippen molar-refractivity contribution in [3.05, 3.63) is 17.5 Å². The summed E-state index contributed by atoms with van der Waals surface area (Å²) >= 11 is 0. The number of carbonyl (C=O) groups excluding carboxylic acids is 1. The number of H-pyrrole nitrogens is 1. The summed E-state index contributed by atoms with van der Waals surface area (Å²) in [7, 11) is 2.23. The van der Waals surface area contributed by atoms with Crippen LogP contribution in [-0.2, 0) is 6.42 Å². The second-order valence-electron chi connectivity index (χ2n) is 7.77. The van der Waals surface area contributed by atoms with Crippen LogP contribution in [0.5, 0.6) is 0 Å². The van der Waals surface area contributed by atoms with Crippen LogP contribution < -0.4 is 0 Å². The molecule has 3 rings (SSSR count). The minimum Gasteiger partial charge on any atom is -0.332 e. The summed E-state index contributed by atoms with van der Waals surface area (Å²) in [5, 5.41) is 7.37. The van der Waals surface area contributed by atoms with Crippen molar-refractivity contribution in [1.29, 1.82) is 0 Å². The van der Waals surface area contributed by atoms with Gasteiger partial charge in [-0.1, -0.05) is 19.8 Å². The van der Waals surface area contributed by atoms with Gasteiger partial charge in [-0.3, -0.25) is 14.8 Å². The predicted molar refractivity (Wildman–Crippen MR) is 96.1 cm³/mol. The first-order valence-corrected chi connectivity index (χ1v) is 9.62. The first-order valence-electron chi connectivity index (χ1n) is 9.62. The largest absolute Gasteiger partial charge is 0.332 e. The first kappa shape index (κ1) is 17.5. The van der Waals surface area contributed by atoms with Crippen molar-refractivity contribution in [3.63, 3.8) is 0 Å². The number of hydrogen-bond donors (Lipinski definition) is 1. The molecule has 0 bridgehead atoms. The number of rotatable bonds is 4. The highest BCUT2D eigenvalue weighted by atomic mass is 16.2. The van der Waals surface area contributed by atoms with E-state index in [4.69, 9.17) is 0 Å². The van der Waals surface area contributed by atoms with E-state index in [1.165, 1.54) is 19.3 Å². The zero-order valence-corrected chi connectivity index (χ0v) is 15.5. The van der Waals surface area contributed by atoms with Gasteiger partial charge < -0.3 is 4.90 Å². The Morgan fingerprint density at radius 2 is 2.21 bits per heavy atom. The summed E-state index contributed by atoms with van der Waals surface area (Å²) in [6.07, 6.45) is 9.06. The Bertz CT molecular complexity index is 569. The molecule has 1 aromatic heterocycles. The van der Waals surface area contributed by atoms with E-state index in [1.807, 2.05) is 6.07 Å². The third-order valence-corrected chi connectivity index (χ3v) is 6.18. The third kappa shape index (κ3) is 3.23. The van der Waals surface area contributed by atoms with Gasteiger partial charge in [0.05, 0.1) is 6.04 Å². The third-order valence-electron chi connectivity index (χ3n) is 6.18. The van der Waals surface area contributed by atoms with Crippen molar-refractivity contribution in [2.45, 2.75) is 76.8 Å². The maximum atomic E-state index is 13.1. The second-order valence-corrected chi connectivity index (χ2v) is 7.77. The van der Waals surface area contributed by atoms with Gasteiger partial charge in [-0.05, 0) is 65.1 Å². The number of aromatic nitrogens is 2. The van der Waals surface area contributed by atoms with Crippen molar-refractivity contribution in [2.75, 3.05) is 20.1 Å². The number of aryl methyl sites for hydroxylation is 1. The van der Waals surface area contributed by atoms with Crippen molar-refractivity contribution in [1.82, 2.24) is 20.0 Å². The van der Waals surface area contributed by atoms with E-state index in [-0.39, 0.29) is 11.4 Å². The summed E-state index contributed by atoms with van der Waals surface area (Å²) in [5.41, 5.74) is 1.78. The highest BCUT2D eigenvalue weighted by Crippen LogP contribution is 2.37. The molecule has 2 atom stereocenters. The van der Waals surface area contributed by atoms with Crippen LogP contribution in [0.25, 0.3) is 0 Å². The van der Waals surface area contributed by atoms with Gasteiger partial charge in [-0.25, -0.2) is 0 Å². The molecule has 0 aliphatic carbocycles. The SMILES string of the molecule is CCCCc1cc(C(=O)N2CCC[C@@]3(C)[C@@H]2CCCCN3C)n[nH]1. The van der Waals surface area contributed by atoms with E-state index in [2.05, 4.69) is 40.9 Å². The number of aromatic amines is 1. The van der Waals surface area contributed by atoms with Gasteiger partial charge in [0.2, 0.25) is 0 Å². The molecule has 0 radical (unpaired) electrons. The lowest BCUT2D eigenvalue weighted by atomic mass is 9.80. The summed E-state index contributed by atoms with van der Waals surface area (Å²) in [5.74, 6) is 0.111. The molecule has 2 aliphatic heterocycles. The van der Waals surface area contributed by atoms with Gasteiger partial charge in [-0.15, -0.1) is 0 Å². The number of unbranched alkanes of at least 4 members (excludes halogenated alkanes) is 1. The topological polar surface area (TPSA) is 52.2 Å². The van der Waals surface area contributed by atoms with Gasteiger partial charge in [0.25, 0.3) is 5.91 Å². The fourth-order valence-electron chi connectivity index (χ4n) is 4.48. The fourth-order valence-corrected chi connectivity index (χ4v) is 4.48. The number of likely N-dealkylation sites (N-methyl/N-ethyl adjacent to an activating group) is 1. The van der Waals surface area contributed by atoms with Crippen LogP contribution in [0.2, 0.25) is 0 Å². The lowest BCUT2D eigenvalue weighted by Crippen LogP contribution is -2.63. The number of nitrogens with one attached hydrogen (secondary N) is 1. The van der Waals surface area contributed by atoms with E-state index >= 15 is 0 Å². The van der Waals surface area contributed by atoms with Crippen LogP contribution >= 0.6 is 0 Å². The van der Waals surface area contributed by atoms with Crippen LogP contribution in [0.3, 0.4) is 0 Å².